The molecule has 0 saturated carbocycles. The van der Waals surface area contributed by atoms with E-state index in [4.69, 9.17) is 0 Å². The quantitative estimate of drug-likeness (QED) is 0.551. The minimum atomic E-state index is -0.283. The van der Waals surface area contributed by atoms with E-state index in [1.165, 1.54) is 24.3 Å². The Morgan fingerprint density at radius 2 is 1.22 bits per heavy atom. The lowest BCUT2D eigenvalue weighted by Gasteiger charge is -2.01. The monoisotopic (exact) mass is 307 g/mol. The number of hydrogen-bond acceptors (Lipinski definition) is 2. The van der Waals surface area contributed by atoms with Gasteiger partial charge in [0.25, 0.3) is 0 Å². The van der Waals surface area contributed by atoms with Crippen LogP contribution in [0.5, 0.6) is 0 Å². The Balaban J connectivity index is 1.77. The van der Waals surface area contributed by atoms with Gasteiger partial charge in [-0.3, -0.25) is 0 Å². The molecule has 0 amide bonds. The average Bonchev–Trinajstić information content (AvgIpc) is 2.99. The van der Waals surface area contributed by atoms with Crippen LogP contribution >= 0.6 is 0 Å². The second kappa shape index (κ2) is 5.28. The van der Waals surface area contributed by atoms with Crippen LogP contribution in [-0.2, 0) is 0 Å². The fraction of sp³-hybridized carbons (Fsp3) is 0. The molecule has 0 aliphatic carbocycles. The van der Waals surface area contributed by atoms with Gasteiger partial charge in [-0.25, -0.2) is 18.3 Å². The van der Waals surface area contributed by atoms with Gasteiger partial charge in [-0.15, -0.1) is 0 Å². The van der Waals surface area contributed by atoms with E-state index in [2.05, 4.69) is 10.1 Å². The van der Waals surface area contributed by atoms with Crippen molar-refractivity contribution >= 4 is 5.65 Å². The van der Waals surface area contributed by atoms with E-state index in [-0.39, 0.29) is 11.6 Å². The zero-order valence-corrected chi connectivity index (χ0v) is 11.9. The van der Waals surface area contributed by atoms with Gasteiger partial charge < -0.3 is 0 Å². The van der Waals surface area contributed by atoms with Gasteiger partial charge in [-0.1, -0.05) is 0 Å². The fourth-order valence-corrected chi connectivity index (χ4v) is 2.42. The van der Waals surface area contributed by atoms with Crippen molar-refractivity contribution in [1.82, 2.24) is 14.6 Å². The minimum Gasteiger partial charge on any atom is -0.227 e. The molecule has 23 heavy (non-hydrogen) atoms. The lowest BCUT2D eigenvalue weighted by molar-refractivity contribution is 0.627. The molecule has 5 heteroatoms. The second-order valence-electron chi connectivity index (χ2n) is 5.16. The number of fused-ring (bicyclic) bond motifs is 1. The molecular weight excluding hydrogens is 296 g/mol. The summed E-state index contributed by atoms with van der Waals surface area (Å²) < 4.78 is 27.7. The molecule has 2 aromatic heterocycles. The molecule has 3 nitrogen and oxygen atoms in total. The van der Waals surface area contributed by atoms with Crippen molar-refractivity contribution in [3.05, 3.63) is 78.5 Å². The van der Waals surface area contributed by atoms with E-state index in [9.17, 15) is 8.78 Å². The Labute approximate surface area is 130 Å². The van der Waals surface area contributed by atoms with Crippen molar-refractivity contribution in [1.29, 1.82) is 0 Å². The van der Waals surface area contributed by atoms with Gasteiger partial charge in [-0.2, -0.15) is 5.10 Å². The van der Waals surface area contributed by atoms with Crippen LogP contribution in [0.15, 0.2) is 66.9 Å². The summed E-state index contributed by atoms with van der Waals surface area (Å²) in [5, 5.41) is 4.50. The Hall–Kier alpha value is -3.08. The van der Waals surface area contributed by atoms with Crippen molar-refractivity contribution < 1.29 is 8.78 Å². The van der Waals surface area contributed by atoms with E-state index in [0.717, 1.165) is 16.8 Å². The average molecular weight is 307 g/mol. The van der Waals surface area contributed by atoms with E-state index in [1.54, 1.807) is 35.0 Å². The molecule has 0 radical (unpaired) electrons. The molecule has 2 aromatic carbocycles. The summed E-state index contributed by atoms with van der Waals surface area (Å²) in [5.41, 5.74) is 3.77. The fourth-order valence-electron chi connectivity index (χ4n) is 2.42. The van der Waals surface area contributed by atoms with Crippen LogP contribution in [0.1, 0.15) is 0 Å². The normalized spacial score (nSPS) is 11.0. The van der Waals surface area contributed by atoms with Crippen LogP contribution in [0.2, 0.25) is 0 Å². The molecule has 0 fully saturated rings. The summed E-state index contributed by atoms with van der Waals surface area (Å²) in [4.78, 5) is 4.48. The maximum Gasteiger partial charge on any atom is 0.154 e. The van der Waals surface area contributed by atoms with E-state index >= 15 is 0 Å². The molecule has 0 atom stereocenters. The van der Waals surface area contributed by atoms with Crippen LogP contribution in [0.3, 0.4) is 0 Å². The highest BCUT2D eigenvalue weighted by Crippen LogP contribution is 2.21. The van der Waals surface area contributed by atoms with E-state index in [1.807, 2.05) is 12.1 Å². The molecule has 4 rings (SSSR count). The maximum atomic E-state index is 13.0. The molecule has 112 valence electrons. The standard InChI is InChI=1S/C18H11F2N3/c19-14-5-1-12(2-6-14)16-9-10-18-21-17(11-23(18)22-16)13-3-7-15(20)8-4-13/h1-11H. The van der Waals surface area contributed by atoms with Gasteiger partial charge >= 0.3 is 0 Å². The Kier molecular flexibility index (Phi) is 3.12. The van der Waals surface area contributed by atoms with E-state index < -0.39 is 0 Å². The molecular formula is C18H11F2N3. The molecule has 0 bridgehead atoms. The van der Waals surface area contributed by atoms with Gasteiger partial charge in [0.05, 0.1) is 17.6 Å². The molecule has 2 heterocycles. The first-order valence-corrected chi connectivity index (χ1v) is 7.07. The van der Waals surface area contributed by atoms with E-state index in [0.29, 0.717) is 11.3 Å². The van der Waals surface area contributed by atoms with Crippen LogP contribution < -0.4 is 0 Å². The number of nitrogens with zero attached hydrogens (tertiary/aromatic N) is 3. The Bertz CT molecular complexity index is 930. The summed E-state index contributed by atoms with van der Waals surface area (Å²) in [6.07, 6.45) is 1.79. The summed E-state index contributed by atoms with van der Waals surface area (Å²) in [6.45, 7) is 0. The predicted octanol–water partition coefficient (Wildman–Crippen LogP) is 4.34. The van der Waals surface area contributed by atoms with Crippen LogP contribution in [-0.4, -0.2) is 14.6 Å². The van der Waals surface area contributed by atoms with Gasteiger partial charge in [0.1, 0.15) is 11.6 Å². The highest BCUT2D eigenvalue weighted by molar-refractivity contribution is 5.64. The molecule has 0 N–H and O–H groups in total. The highest BCUT2D eigenvalue weighted by atomic mass is 19.1. The molecule has 0 unspecified atom stereocenters. The van der Waals surface area contributed by atoms with Gasteiger partial charge in [0.2, 0.25) is 0 Å². The van der Waals surface area contributed by atoms with Crippen molar-refractivity contribution in [3.8, 4) is 22.5 Å². The van der Waals surface area contributed by atoms with Gasteiger partial charge in [0.15, 0.2) is 5.65 Å². The lowest BCUT2D eigenvalue weighted by Crippen LogP contribution is -1.93. The first-order chi connectivity index (χ1) is 11.2. The summed E-state index contributed by atoms with van der Waals surface area (Å²) >= 11 is 0. The second-order valence-corrected chi connectivity index (χ2v) is 5.16. The first-order valence-electron chi connectivity index (χ1n) is 7.07. The van der Waals surface area contributed by atoms with Crippen molar-refractivity contribution in [2.75, 3.05) is 0 Å². The summed E-state index contributed by atoms with van der Waals surface area (Å²) in [5.74, 6) is -0.565. The molecule has 0 saturated heterocycles. The van der Waals surface area contributed by atoms with Gasteiger partial charge in [0, 0.05) is 11.1 Å². The summed E-state index contributed by atoms with van der Waals surface area (Å²) in [6, 6.07) is 16.0. The number of hydrogen-bond donors (Lipinski definition) is 0. The first kappa shape index (κ1) is 13.6. The Morgan fingerprint density at radius 1 is 0.652 bits per heavy atom. The van der Waals surface area contributed by atoms with Crippen LogP contribution in [0.25, 0.3) is 28.2 Å². The lowest BCUT2D eigenvalue weighted by atomic mass is 10.1. The molecule has 0 aliphatic rings. The zero-order chi connectivity index (χ0) is 15.8. The third-order valence-corrected chi connectivity index (χ3v) is 3.60. The van der Waals surface area contributed by atoms with Crippen molar-refractivity contribution in [2.45, 2.75) is 0 Å². The number of benzene rings is 2. The number of aromatic nitrogens is 3. The van der Waals surface area contributed by atoms with Crippen molar-refractivity contribution in [2.24, 2.45) is 0 Å². The van der Waals surface area contributed by atoms with Crippen molar-refractivity contribution in [3.63, 3.8) is 0 Å². The molecule has 0 aliphatic heterocycles. The van der Waals surface area contributed by atoms with Crippen LogP contribution in [0.4, 0.5) is 8.78 Å². The zero-order valence-electron chi connectivity index (χ0n) is 11.9. The Morgan fingerprint density at radius 3 is 1.83 bits per heavy atom. The third-order valence-electron chi connectivity index (χ3n) is 3.60. The van der Waals surface area contributed by atoms with Crippen LogP contribution in [0, 0.1) is 11.6 Å². The van der Waals surface area contributed by atoms with Gasteiger partial charge in [-0.05, 0) is 60.7 Å². The SMILES string of the molecule is Fc1ccc(-c2cn3nc(-c4ccc(F)cc4)ccc3n2)cc1. The topological polar surface area (TPSA) is 30.2 Å². The summed E-state index contributed by atoms with van der Waals surface area (Å²) in [7, 11) is 0. The number of imidazole rings is 1. The minimum absolute atomic E-state index is 0.281. The predicted molar refractivity (Wildman–Crippen MR) is 83.8 cm³/mol. The maximum absolute atomic E-state index is 13.0. The third kappa shape index (κ3) is 2.57. The largest absolute Gasteiger partial charge is 0.227 e. The smallest absolute Gasteiger partial charge is 0.154 e. The molecule has 0 spiro atoms. The number of halogens is 2. The number of rotatable bonds is 2. The highest BCUT2D eigenvalue weighted by Gasteiger charge is 2.07. The molecule has 4 aromatic rings.